The molecule has 1 amide bonds. The van der Waals surface area contributed by atoms with E-state index in [2.05, 4.69) is 10.3 Å². The average Bonchev–Trinajstić information content (AvgIpc) is 3.04. The van der Waals surface area contributed by atoms with Crippen molar-refractivity contribution in [2.75, 3.05) is 5.32 Å². The van der Waals surface area contributed by atoms with E-state index < -0.39 is 11.9 Å². The molecule has 0 fully saturated rings. The Bertz CT molecular complexity index is 702. The summed E-state index contributed by atoms with van der Waals surface area (Å²) < 4.78 is 0. The van der Waals surface area contributed by atoms with Gasteiger partial charge >= 0.3 is 5.97 Å². The van der Waals surface area contributed by atoms with Gasteiger partial charge in [0.1, 0.15) is 5.01 Å². The van der Waals surface area contributed by atoms with E-state index in [0.717, 1.165) is 29.7 Å². The molecule has 0 bridgehead atoms. The number of rotatable bonds is 6. The lowest BCUT2D eigenvalue weighted by Gasteiger charge is -2.16. The van der Waals surface area contributed by atoms with Crippen LogP contribution in [0.1, 0.15) is 53.3 Å². The van der Waals surface area contributed by atoms with Crippen molar-refractivity contribution in [3.05, 3.63) is 45.4 Å². The molecule has 0 aliphatic carbocycles. The predicted octanol–water partition coefficient (Wildman–Crippen LogP) is 3.71. The first-order chi connectivity index (χ1) is 11.0. The van der Waals surface area contributed by atoms with E-state index >= 15 is 0 Å². The second-order valence-corrected chi connectivity index (χ2v) is 6.14. The number of nitrogens with zero attached hydrogens (tertiary/aromatic N) is 1. The summed E-state index contributed by atoms with van der Waals surface area (Å²) in [6.45, 7) is 5.83. The first-order valence-electron chi connectivity index (χ1n) is 7.58. The van der Waals surface area contributed by atoms with Gasteiger partial charge in [-0.1, -0.05) is 32.0 Å². The summed E-state index contributed by atoms with van der Waals surface area (Å²) in [6.07, 6.45) is 1.66. The van der Waals surface area contributed by atoms with Crippen LogP contribution in [0.3, 0.4) is 0 Å². The Morgan fingerprint density at radius 2 is 1.87 bits per heavy atom. The lowest BCUT2D eigenvalue weighted by Crippen LogP contribution is -2.20. The third-order valence-electron chi connectivity index (χ3n) is 3.75. The Morgan fingerprint density at radius 3 is 2.35 bits per heavy atom. The SMILES string of the molecule is CCc1cccc(CC)c1NC(=O)C(C)c1nc(C(=O)O)cs1. The number of carbonyl (C=O) groups excluding carboxylic acids is 1. The highest BCUT2D eigenvalue weighted by Crippen LogP contribution is 2.26. The number of amides is 1. The Balaban J connectivity index is 2.22. The summed E-state index contributed by atoms with van der Waals surface area (Å²) in [5.41, 5.74) is 3.03. The number of hydrogen-bond donors (Lipinski definition) is 2. The van der Waals surface area contributed by atoms with Crippen molar-refractivity contribution in [2.24, 2.45) is 0 Å². The monoisotopic (exact) mass is 332 g/mol. The van der Waals surface area contributed by atoms with Gasteiger partial charge in [0.25, 0.3) is 0 Å². The molecule has 0 spiro atoms. The van der Waals surface area contributed by atoms with Crippen molar-refractivity contribution in [2.45, 2.75) is 39.5 Å². The van der Waals surface area contributed by atoms with Crippen LogP contribution in [0.15, 0.2) is 23.6 Å². The van der Waals surface area contributed by atoms with Crippen molar-refractivity contribution in [1.82, 2.24) is 4.98 Å². The molecule has 1 aromatic carbocycles. The van der Waals surface area contributed by atoms with E-state index in [1.807, 2.05) is 32.0 Å². The summed E-state index contributed by atoms with van der Waals surface area (Å²) in [4.78, 5) is 27.5. The second-order valence-electron chi connectivity index (χ2n) is 5.25. The number of aromatic nitrogens is 1. The molecule has 1 aromatic heterocycles. The third-order valence-corrected chi connectivity index (χ3v) is 4.78. The molecule has 0 radical (unpaired) electrons. The summed E-state index contributed by atoms with van der Waals surface area (Å²) >= 11 is 1.19. The number of carbonyl (C=O) groups is 2. The minimum absolute atomic E-state index is 0.0205. The van der Waals surface area contributed by atoms with Crippen LogP contribution in [0, 0.1) is 0 Å². The molecule has 122 valence electrons. The van der Waals surface area contributed by atoms with Crippen LogP contribution < -0.4 is 5.32 Å². The number of nitrogens with one attached hydrogen (secondary N) is 1. The van der Waals surface area contributed by atoms with Gasteiger partial charge in [-0.25, -0.2) is 9.78 Å². The predicted molar refractivity (Wildman–Crippen MR) is 91.3 cm³/mol. The fourth-order valence-corrected chi connectivity index (χ4v) is 3.18. The molecule has 1 atom stereocenters. The van der Waals surface area contributed by atoms with E-state index in [-0.39, 0.29) is 11.6 Å². The fraction of sp³-hybridized carbons (Fsp3) is 0.353. The van der Waals surface area contributed by atoms with E-state index in [4.69, 9.17) is 5.11 Å². The van der Waals surface area contributed by atoms with Crippen LogP contribution in [0.5, 0.6) is 0 Å². The van der Waals surface area contributed by atoms with Gasteiger partial charge in [-0.15, -0.1) is 11.3 Å². The molecule has 0 saturated carbocycles. The van der Waals surface area contributed by atoms with Crippen LogP contribution in [-0.4, -0.2) is 22.0 Å². The van der Waals surface area contributed by atoms with Gasteiger partial charge in [0.05, 0.1) is 5.92 Å². The zero-order valence-electron chi connectivity index (χ0n) is 13.4. The highest BCUT2D eigenvalue weighted by Gasteiger charge is 2.22. The largest absolute Gasteiger partial charge is 0.476 e. The summed E-state index contributed by atoms with van der Waals surface area (Å²) in [6, 6.07) is 6.01. The molecular weight excluding hydrogens is 312 g/mol. The number of hydrogen-bond acceptors (Lipinski definition) is 4. The highest BCUT2D eigenvalue weighted by atomic mass is 32.1. The Labute approximate surface area is 139 Å². The molecule has 1 unspecified atom stereocenters. The van der Waals surface area contributed by atoms with E-state index in [1.165, 1.54) is 16.7 Å². The first kappa shape index (κ1) is 17.1. The van der Waals surface area contributed by atoms with Crippen molar-refractivity contribution in [3.63, 3.8) is 0 Å². The Hall–Kier alpha value is -2.21. The summed E-state index contributed by atoms with van der Waals surface area (Å²) in [5, 5.41) is 13.9. The maximum absolute atomic E-state index is 12.5. The van der Waals surface area contributed by atoms with Gasteiger partial charge in [-0.05, 0) is 30.9 Å². The summed E-state index contributed by atoms with van der Waals surface area (Å²) in [7, 11) is 0. The van der Waals surface area contributed by atoms with E-state index in [0.29, 0.717) is 5.01 Å². The molecule has 2 aromatic rings. The number of carboxylic acids is 1. The maximum Gasteiger partial charge on any atom is 0.355 e. The molecule has 0 saturated heterocycles. The van der Waals surface area contributed by atoms with Gasteiger partial charge in [0, 0.05) is 11.1 Å². The molecule has 1 heterocycles. The lowest BCUT2D eigenvalue weighted by atomic mass is 10.0. The van der Waals surface area contributed by atoms with Crippen molar-refractivity contribution >= 4 is 28.9 Å². The second kappa shape index (κ2) is 7.37. The van der Waals surface area contributed by atoms with Gasteiger partial charge in [-0.2, -0.15) is 0 Å². The van der Waals surface area contributed by atoms with E-state index in [1.54, 1.807) is 6.92 Å². The number of thiazole rings is 1. The van der Waals surface area contributed by atoms with Crippen LogP contribution in [0.25, 0.3) is 0 Å². The molecule has 0 aliphatic rings. The molecule has 23 heavy (non-hydrogen) atoms. The molecule has 6 heteroatoms. The molecule has 0 aliphatic heterocycles. The van der Waals surface area contributed by atoms with Crippen LogP contribution >= 0.6 is 11.3 Å². The lowest BCUT2D eigenvalue weighted by molar-refractivity contribution is -0.117. The van der Waals surface area contributed by atoms with Gasteiger partial charge < -0.3 is 10.4 Å². The Morgan fingerprint density at radius 1 is 1.26 bits per heavy atom. The van der Waals surface area contributed by atoms with Crippen molar-refractivity contribution < 1.29 is 14.7 Å². The highest BCUT2D eigenvalue weighted by molar-refractivity contribution is 7.10. The zero-order chi connectivity index (χ0) is 17.0. The van der Waals surface area contributed by atoms with Crippen LogP contribution in [0.4, 0.5) is 5.69 Å². The molecule has 2 rings (SSSR count). The van der Waals surface area contributed by atoms with Gasteiger partial charge in [0.15, 0.2) is 5.69 Å². The number of aryl methyl sites for hydroxylation is 2. The van der Waals surface area contributed by atoms with Crippen LogP contribution in [-0.2, 0) is 17.6 Å². The minimum atomic E-state index is -1.08. The smallest absolute Gasteiger partial charge is 0.355 e. The first-order valence-corrected chi connectivity index (χ1v) is 8.46. The number of anilines is 1. The number of aromatic carboxylic acids is 1. The average molecular weight is 332 g/mol. The Kier molecular flexibility index (Phi) is 5.50. The quantitative estimate of drug-likeness (QED) is 0.845. The minimum Gasteiger partial charge on any atom is -0.476 e. The fourth-order valence-electron chi connectivity index (χ4n) is 2.33. The number of carboxylic acid groups (broad SMARTS) is 1. The van der Waals surface area contributed by atoms with Gasteiger partial charge in [0.2, 0.25) is 5.91 Å². The number of benzene rings is 1. The van der Waals surface area contributed by atoms with Crippen molar-refractivity contribution in [3.8, 4) is 0 Å². The standard InChI is InChI=1S/C17H20N2O3S/c1-4-11-7-6-8-12(5-2)14(11)19-15(20)10(3)16-18-13(9-23-16)17(21)22/h6-10H,4-5H2,1-3H3,(H,19,20)(H,21,22). The molecule has 2 N–H and O–H groups in total. The third kappa shape index (κ3) is 3.76. The van der Waals surface area contributed by atoms with E-state index in [9.17, 15) is 9.59 Å². The normalized spacial score (nSPS) is 12.0. The topological polar surface area (TPSA) is 79.3 Å². The molecule has 5 nitrogen and oxygen atoms in total. The van der Waals surface area contributed by atoms with Crippen molar-refractivity contribution in [1.29, 1.82) is 0 Å². The summed E-state index contributed by atoms with van der Waals surface area (Å²) in [5.74, 6) is -1.75. The van der Waals surface area contributed by atoms with Crippen LogP contribution in [0.2, 0.25) is 0 Å². The zero-order valence-corrected chi connectivity index (χ0v) is 14.2. The number of para-hydroxylation sites is 1. The van der Waals surface area contributed by atoms with Gasteiger partial charge in [-0.3, -0.25) is 4.79 Å². The molecular formula is C17H20N2O3S. The maximum atomic E-state index is 12.5.